The molecular formula is C33H38N4O6. The van der Waals surface area contributed by atoms with E-state index < -0.39 is 11.9 Å². The molecule has 3 aliphatic rings. The second-order valence-electron chi connectivity index (χ2n) is 10.9. The van der Waals surface area contributed by atoms with Crippen LogP contribution in [0.15, 0.2) is 61.6 Å². The minimum atomic E-state index is -0.929. The number of allylic oxidation sites excluding steroid dienone is 5. The van der Waals surface area contributed by atoms with Crippen molar-refractivity contribution in [1.82, 2.24) is 15.6 Å². The largest absolute Gasteiger partial charge is 0.481 e. The number of hydrogen-bond donors (Lipinski definition) is 5. The van der Waals surface area contributed by atoms with E-state index in [9.17, 15) is 29.4 Å². The van der Waals surface area contributed by atoms with E-state index >= 15 is 0 Å². The van der Waals surface area contributed by atoms with Gasteiger partial charge in [-0.05, 0) is 105 Å². The Balaban J connectivity index is 1.84. The summed E-state index contributed by atoms with van der Waals surface area (Å²) in [6.45, 7) is 11.4. The summed E-state index contributed by atoms with van der Waals surface area (Å²) in [4.78, 5) is 56.0. The van der Waals surface area contributed by atoms with Crippen LogP contribution in [0.3, 0.4) is 0 Å². The first kappa shape index (κ1) is 31.2. The van der Waals surface area contributed by atoms with Crippen LogP contribution in [0.2, 0.25) is 0 Å². The van der Waals surface area contributed by atoms with Gasteiger partial charge in [0.1, 0.15) is 0 Å². The molecule has 0 aliphatic carbocycles. The van der Waals surface area contributed by atoms with E-state index in [1.807, 2.05) is 52.8 Å². The van der Waals surface area contributed by atoms with Crippen molar-refractivity contribution in [1.29, 1.82) is 0 Å². The van der Waals surface area contributed by atoms with Gasteiger partial charge in [-0.25, -0.2) is 4.99 Å². The first-order chi connectivity index (χ1) is 20.4. The summed E-state index contributed by atoms with van der Waals surface area (Å²) in [6.07, 6.45) is 7.17. The van der Waals surface area contributed by atoms with Crippen molar-refractivity contribution in [3.8, 4) is 0 Å². The maximum absolute atomic E-state index is 12.4. The normalized spacial score (nSPS) is 19.9. The monoisotopic (exact) mass is 586 g/mol. The Labute approximate surface area is 250 Å². The van der Waals surface area contributed by atoms with E-state index in [0.717, 1.165) is 44.7 Å². The second kappa shape index (κ2) is 12.6. The number of nitrogens with zero attached hydrogens (tertiary/aromatic N) is 1. The Morgan fingerprint density at radius 1 is 0.721 bits per heavy atom. The number of carboxylic acid groups (broad SMARTS) is 2. The Hall–Kier alpha value is -4.73. The number of aliphatic carboxylic acids is 2. The van der Waals surface area contributed by atoms with E-state index in [0.29, 0.717) is 46.9 Å². The molecule has 1 aromatic heterocycles. The molecule has 0 saturated heterocycles. The van der Waals surface area contributed by atoms with E-state index in [1.165, 1.54) is 0 Å². The number of aromatic nitrogens is 1. The van der Waals surface area contributed by atoms with Gasteiger partial charge in [0.2, 0.25) is 0 Å². The Morgan fingerprint density at radius 3 is 1.95 bits per heavy atom. The van der Waals surface area contributed by atoms with Crippen LogP contribution in [-0.2, 0) is 25.6 Å². The summed E-state index contributed by atoms with van der Waals surface area (Å²) in [5.41, 5.74) is 10.4. The first-order valence-corrected chi connectivity index (χ1v) is 14.5. The lowest BCUT2D eigenvalue weighted by Crippen LogP contribution is -2.17. The molecule has 0 radical (unpaired) electrons. The third kappa shape index (κ3) is 6.38. The summed E-state index contributed by atoms with van der Waals surface area (Å²) in [5.74, 6) is -2.12. The van der Waals surface area contributed by atoms with Gasteiger partial charge in [0.25, 0.3) is 11.8 Å². The molecule has 0 spiro atoms. The van der Waals surface area contributed by atoms with E-state index in [2.05, 4.69) is 15.6 Å². The van der Waals surface area contributed by atoms with Crippen molar-refractivity contribution >= 4 is 41.6 Å². The minimum absolute atomic E-state index is 0.0761. The molecule has 3 aliphatic heterocycles. The lowest BCUT2D eigenvalue weighted by Gasteiger charge is -2.06. The molecule has 5 N–H and O–H groups in total. The lowest BCUT2D eigenvalue weighted by atomic mass is 9.98. The Kier molecular flexibility index (Phi) is 9.18. The van der Waals surface area contributed by atoms with Crippen LogP contribution in [0.25, 0.3) is 12.2 Å². The molecule has 0 bridgehead atoms. The van der Waals surface area contributed by atoms with Gasteiger partial charge in [0, 0.05) is 46.8 Å². The van der Waals surface area contributed by atoms with Crippen molar-refractivity contribution in [2.24, 2.45) is 4.99 Å². The van der Waals surface area contributed by atoms with Crippen LogP contribution < -0.4 is 10.6 Å². The number of H-pyrrole nitrogens is 1. The number of nitrogens with one attached hydrogen (secondary N) is 3. The van der Waals surface area contributed by atoms with Crippen molar-refractivity contribution in [3.05, 3.63) is 79.1 Å². The van der Waals surface area contributed by atoms with Crippen LogP contribution in [-0.4, -0.2) is 44.7 Å². The van der Waals surface area contributed by atoms with Crippen molar-refractivity contribution < 1.29 is 29.4 Å². The van der Waals surface area contributed by atoms with E-state index in [-0.39, 0.29) is 37.5 Å². The molecule has 0 aromatic carbocycles. The molecule has 43 heavy (non-hydrogen) atoms. The molecule has 10 heteroatoms. The maximum atomic E-state index is 12.4. The third-order valence-corrected chi connectivity index (χ3v) is 8.32. The molecule has 10 nitrogen and oxygen atoms in total. The van der Waals surface area contributed by atoms with Gasteiger partial charge in [0.05, 0.1) is 11.4 Å². The quantitative estimate of drug-likeness (QED) is 0.238. The van der Waals surface area contributed by atoms with Crippen molar-refractivity contribution in [3.63, 3.8) is 0 Å². The summed E-state index contributed by atoms with van der Waals surface area (Å²) < 4.78 is 0. The highest BCUT2D eigenvalue weighted by Gasteiger charge is 2.27. The average molecular weight is 587 g/mol. The average Bonchev–Trinajstić information content (AvgIpc) is 3.59. The molecule has 4 heterocycles. The number of amides is 2. The highest BCUT2D eigenvalue weighted by molar-refractivity contribution is 6.14. The van der Waals surface area contributed by atoms with Gasteiger partial charge < -0.3 is 25.8 Å². The zero-order chi connectivity index (χ0) is 31.6. The summed E-state index contributed by atoms with van der Waals surface area (Å²) in [7, 11) is 0. The molecule has 0 atom stereocenters. The van der Waals surface area contributed by atoms with Gasteiger partial charge in [-0.3, -0.25) is 19.2 Å². The third-order valence-electron chi connectivity index (χ3n) is 8.32. The Morgan fingerprint density at radius 2 is 1.35 bits per heavy atom. The molecule has 1 aromatic rings. The van der Waals surface area contributed by atoms with Gasteiger partial charge in [-0.1, -0.05) is 13.8 Å². The zero-order valence-corrected chi connectivity index (χ0v) is 25.4. The number of aliphatic imine (C=N–C) groups is 1. The van der Waals surface area contributed by atoms with Crippen LogP contribution >= 0.6 is 0 Å². The minimum Gasteiger partial charge on any atom is -0.481 e. The van der Waals surface area contributed by atoms with E-state index in [4.69, 9.17) is 4.99 Å². The number of carboxylic acids is 2. The highest BCUT2D eigenvalue weighted by atomic mass is 16.4. The van der Waals surface area contributed by atoms with Crippen molar-refractivity contribution in [2.45, 2.75) is 80.1 Å². The first-order valence-electron chi connectivity index (χ1n) is 14.5. The lowest BCUT2D eigenvalue weighted by molar-refractivity contribution is -0.138. The van der Waals surface area contributed by atoms with Gasteiger partial charge in [-0.2, -0.15) is 0 Å². The molecule has 2 amide bonds. The highest BCUT2D eigenvalue weighted by Crippen LogP contribution is 2.35. The molecule has 0 fully saturated rings. The summed E-state index contributed by atoms with van der Waals surface area (Å²) in [5, 5.41) is 24.7. The van der Waals surface area contributed by atoms with Gasteiger partial charge in [0.15, 0.2) is 0 Å². The number of rotatable bonds is 11. The number of carbonyl (C=O) groups is 4. The SMILES string of the molecule is CCC1=C(C)/C(=C/C2=NC(=C\c3[nH]c(/C=C4\NC(=O)C(C)=C4CC)c(C)c3CCC(=O)O)/C(CCC(=O)O)=C2C)NC1=O. The predicted molar refractivity (Wildman–Crippen MR) is 165 cm³/mol. The van der Waals surface area contributed by atoms with E-state index in [1.54, 1.807) is 6.92 Å². The van der Waals surface area contributed by atoms with Crippen LogP contribution in [0.5, 0.6) is 0 Å². The van der Waals surface area contributed by atoms with Crippen molar-refractivity contribution in [2.75, 3.05) is 0 Å². The van der Waals surface area contributed by atoms with Crippen LogP contribution in [0.4, 0.5) is 0 Å². The fourth-order valence-electron chi connectivity index (χ4n) is 5.76. The topological polar surface area (TPSA) is 161 Å². The molecule has 0 unspecified atom stereocenters. The summed E-state index contributed by atoms with van der Waals surface area (Å²) >= 11 is 0. The number of hydrogen-bond acceptors (Lipinski definition) is 5. The summed E-state index contributed by atoms with van der Waals surface area (Å²) in [6, 6.07) is 0. The number of carbonyl (C=O) groups excluding carboxylic acids is 2. The zero-order valence-electron chi connectivity index (χ0n) is 25.4. The van der Waals surface area contributed by atoms with Gasteiger partial charge >= 0.3 is 11.9 Å². The molecule has 226 valence electrons. The maximum Gasteiger partial charge on any atom is 0.303 e. The molecule has 4 rings (SSSR count). The predicted octanol–water partition coefficient (Wildman–Crippen LogP) is 5.25. The van der Waals surface area contributed by atoms with Gasteiger partial charge in [-0.15, -0.1) is 0 Å². The molecule has 0 saturated carbocycles. The van der Waals surface area contributed by atoms with Crippen LogP contribution in [0, 0.1) is 6.92 Å². The fourth-order valence-corrected chi connectivity index (χ4v) is 5.76. The second-order valence-corrected chi connectivity index (χ2v) is 10.9. The Bertz CT molecular complexity index is 1660. The smallest absolute Gasteiger partial charge is 0.303 e. The standard InChI is InChI=1S/C33H38N4O6/c1-7-20-19(6)32(42)37-27(20)14-25-18(5)23(10-12-31(40)41)29(35-25)15-28-22(9-11-30(38)39)17(4)24(34-28)13-26-16(3)21(8-2)33(43)36-26/h13-15,35H,7-12H2,1-6H3,(H,36,43)(H,37,42)(H,38,39)(H,40,41)/b26-13-,27-14-,28-15-. The number of aromatic amines is 1. The van der Waals surface area contributed by atoms with Crippen LogP contribution in [0.1, 0.15) is 89.2 Å². The fraction of sp³-hybridized carbons (Fsp3) is 0.364. The molecular weight excluding hydrogens is 548 g/mol.